The minimum absolute atomic E-state index is 0.0417. The van der Waals surface area contributed by atoms with Crippen LogP contribution in [0.5, 0.6) is 0 Å². The number of ketones is 1. The predicted octanol–water partition coefficient (Wildman–Crippen LogP) is 2.70. The van der Waals surface area contributed by atoms with Crippen LogP contribution in [0, 0.1) is 11.8 Å². The standard InChI is InChI=1S/C16H15ClO3/c1-20-16-6-5-11(19)8-14(16)10(9-18)7-12-13(16)3-2-4-15(12)17/h2-6,9-10,14H,7-8H2,1H3/t10-,14+,16+/m1/s1. The molecule has 0 amide bonds. The summed E-state index contributed by atoms with van der Waals surface area (Å²) in [5.41, 5.74) is 1.19. The SMILES string of the molecule is CO[C@]12C=CC(=O)C[C@H]1[C@@H](C=O)Cc1c(Cl)cccc12. The van der Waals surface area contributed by atoms with Crippen molar-refractivity contribution in [1.29, 1.82) is 0 Å². The van der Waals surface area contributed by atoms with Crippen molar-refractivity contribution in [3.8, 4) is 0 Å². The molecule has 3 rings (SSSR count). The number of hydrogen-bond acceptors (Lipinski definition) is 3. The number of allylic oxidation sites excluding steroid dienone is 1. The van der Waals surface area contributed by atoms with Crippen LogP contribution in [0.1, 0.15) is 17.5 Å². The van der Waals surface area contributed by atoms with E-state index in [1.54, 1.807) is 19.3 Å². The molecule has 0 aliphatic heterocycles. The summed E-state index contributed by atoms with van der Waals surface area (Å²) < 4.78 is 5.79. The highest BCUT2D eigenvalue weighted by atomic mass is 35.5. The first-order chi connectivity index (χ1) is 9.62. The van der Waals surface area contributed by atoms with Crippen LogP contribution in [0.4, 0.5) is 0 Å². The van der Waals surface area contributed by atoms with Crippen molar-refractivity contribution in [2.24, 2.45) is 11.8 Å². The number of ether oxygens (including phenoxy) is 1. The molecule has 0 saturated carbocycles. The van der Waals surface area contributed by atoms with E-state index in [1.165, 1.54) is 0 Å². The van der Waals surface area contributed by atoms with Crippen LogP contribution < -0.4 is 0 Å². The fourth-order valence-electron chi connectivity index (χ4n) is 3.52. The Kier molecular flexibility index (Phi) is 3.27. The molecule has 2 aliphatic carbocycles. The van der Waals surface area contributed by atoms with Crippen molar-refractivity contribution < 1.29 is 14.3 Å². The molecule has 3 nitrogen and oxygen atoms in total. The van der Waals surface area contributed by atoms with Crippen LogP contribution in [0.2, 0.25) is 5.02 Å². The normalized spacial score (nSPS) is 31.6. The maximum absolute atomic E-state index is 11.7. The van der Waals surface area contributed by atoms with E-state index < -0.39 is 5.60 Å². The second-order valence-electron chi connectivity index (χ2n) is 5.38. The first-order valence-corrected chi connectivity index (χ1v) is 7.00. The molecule has 0 bridgehead atoms. The predicted molar refractivity (Wildman–Crippen MR) is 75.7 cm³/mol. The summed E-state index contributed by atoms with van der Waals surface area (Å²) >= 11 is 6.28. The zero-order valence-electron chi connectivity index (χ0n) is 11.1. The summed E-state index contributed by atoms with van der Waals surface area (Å²) in [7, 11) is 1.62. The highest BCUT2D eigenvalue weighted by molar-refractivity contribution is 6.31. The molecule has 3 atom stereocenters. The summed E-state index contributed by atoms with van der Waals surface area (Å²) in [6, 6.07) is 5.67. The van der Waals surface area contributed by atoms with Crippen LogP contribution in [0.15, 0.2) is 30.4 Å². The molecule has 0 N–H and O–H groups in total. The Balaban J connectivity index is 2.27. The lowest BCUT2D eigenvalue weighted by atomic mass is 9.62. The molecular formula is C16H15ClO3. The summed E-state index contributed by atoms with van der Waals surface area (Å²) in [4.78, 5) is 23.2. The van der Waals surface area contributed by atoms with Gasteiger partial charge < -0.3 is 9.53 Å². The van der Waals surface area contributed by atoms with Gasteiger partial charge in [-0.2, -0.15) is 0 Å². The van der Waals surface area contributed by atoms with Crippen LogP contribution >= 0.6 is 11.6 Å². The number of methoxy groups -OCH3 is 1. The molecule has 1 aromatic rings. The molecule has 4 heteroatoms. The smallest absolute Gasteiger partial charge is 0.155 e. The van der Waals surface area contributed by atoms with Gasteiger partial charge in [-0.15, -0.1) is 0 Å². The highest BCUT2D eigenvalue weighted by Crippen LogP contribution is 2.50. The van der Waals surface area contributed by atoms with Gasteiger partial charge in [-0.05, 0) is 35.8 Å². The summed E-state index contributed by atoms with van der Waals surface area (Å²) in [5.74, 6) is -0.371. The first-order valence-electron chi connectivity index (χ1n) is 6.62. The van der Waals surface area contributed by atoms with Gasteiger partial charge in [-0.25, -0.2) is 0 Å². The Hall–Kier alpha value is -1.45. The van der Waals surface area contributed by atoms with Crippen LogP contribution in [-0.4, -0.2) is 19.2 Å². The Morgan fingerprint density at radius 2 is 2.20 bits per heavy atom. The van der Waals surface area contributed by atoms with Crippen molar-refractivity contribution in [1.82, 2.24) is 0 Å². The number of benzene rings is 1. The third-order valence-electron chi connectivity index (χ3n) is 4.50. The molecule has 0 fully saturated rings. The van der Waals surface area contributed by atoms with E-state index in [0.29, 0.717) is 17.9 Å². The highest BCUT2D eigenvalue weighted by Gasteiger charge is 2.50. The number of halogens is 1. The van der Waals surface area contributed by atoms with E-state index in [9.17, 15) is 9.59 Å². The molecule has 0 spiro atoms. The van der Waals surface area contributed by atoms with Gasteiger partial charge in [-0.3, -0.25) is 4.79 Å². The average molecular weight is 291 g/mol. The molecule has 1 aromatic carbocycles. The maximum atomic E-state index is 11.7. The zero-order valence-corrected chi connectivity index (χ0v) is 11.9. The minimum atomic E-state index is -0.724. The van der Waals surface area contributed by atoms with Gasteiger partial charge in [0.25, 0.3) is 0 Å². The molecule has 104 valence electrons. The second-order valence-corrected chi connectivity index (χ2v) is 5.78. The van der Waals surface area contributed by atoms with Crippen molar-refractivity contribution in [3.05, 3.63) is 46.5 Å². The fourth-order valence-corrected chi connectivity index (χ4v) is 3.77. The third-order valence-corrected chi connectivity index (χ3v) is 4.85. The topological polar surface area (TPSA) is 43.4 Å². The third kappa shape index (κ3) is 1.77. The van der Waals surface area contributed by atoms with Crippen molar-refractivity contribution >= 4 is 23.7 Å². The van der Waals surface area contributed by atoms with Gasteiger partial charge in [0.2, 0.25) is 0 Å². The summed E-state index contributed by atoms with van der Waals surface area (Å²) in [6.07, 6.45) is 5.17. The van der Waals surface area contributed by atoms with E-state index >= 15 is 0 Å². The number of fused-ring (bicyclic) bond motifs is 3. The Morgan fingerprint density at radius 3 is 2.90 bits per heavy atom. The Labute approximate surface area is 122 Å². The maximum Gasteiger partial charge on any atom is 0.155 e. The van der Waals surface area contributed by atoms with Crippen LogP contribution in [0.25, 0.3) is 0 Å². The van der Waals surface area contributed by atoms with Gasteiger partial charge in [-0.1, -0.05) is 23.7 Å². The first kappa shape index (κ1) is 13.5. The monoisotopic (exact) mass is 290 g/mol. The Morgan fingerprint density at radius 1 is 1.40 bits per heavy atom. The Bertz CT molecular complexity index is 608. The van der Waals surface area contributed by atoms with Crippen LogP contribution in [-0.2, 0) is 26.3 Å². The molecule has 0 heterocycles. The fraction of sp³-hybridized carbons (Fsp3) is 0.375. The number of carbonyl (C=O) groups is 2. The molecular weight excluding hydrogens is 276 g/mol. The lowest BCUT2D eigenvalue weighted by molar-refractivity contribution is -0.128. The molecule has 0 radical (unpaired) electrons. The molecule has 0 aromatic heterocycles. The van der Waals surface area contributed by atoms with E-state index in [4.69, 9.17) is 16.3 Å². The van der Waals surface area contributed by atoms with Gasteiger partial charge in [0.15, 0.2) is 5.78 Å². The molecule has 2 aliphatic rings. The number of aldehydes is 1. The van der Waals surface area contributed by atoms with Crippen molar-refractivity contribution in [3.63, 3.8) is 0 Å². The molecule has 0 saturated heterocycles. The van der Waals surface area contributed by atoms with Gasteiger partial charge in [0.1, 0.15) is 11.9 Å². The second kappa shape index (κ2) is 4.83. The van der Waals surface area contributed by atoms with E-state index in [2.05, 4.69) is 0 Å². The molecule has 0 unspecified atom stereocenters. The van der Waals surface area contributed by atoms with E-state index in [-0.39, 0.29) is 17.6 Å². The number of rotatable bonds is 2. The molecule has 20 heavy (non-hydrogen) atoms. The van der Waals surface area contributed by atoms with Crippen LogP contribution in [0.3, 0.4) is 0 Å². The van der Waals surface area contributed by atoms with Gasteiger partial charge >= 0.3 is 0 Å². The van der Waals surface area contributed by atoms with Gasteiger partial charge in [0, 0.05) is 30.4 Å². The lowest BCUT2D eigenvalue weighted by Crippen LogP contribution is -2.48. The van der Waals surface area contributed by atoms with E-state index in [1.807, 2.05) is 18.2 Å². The van der Waals surface area contributed by atoms with E-state index in [0.717, 1.165) is 17.4 Å². The number of hydrogen-bond donors (Lipinski definition) is 0. The largest absolute Gasteiger partial charge is 0.369 e. The van der Waals surface area contributed by atoms with Gasteiger partial charge in [0.05, 0.1) is 0 Å². The summed E-state index contributed by atoms with van der Waals surface area (Å²) in [5, 5.41) is 0.648. The van der Waals surface area contributed by atoms with Crippen molar-refractivity contribution in [2.75, 3.05) is 7.11 Å². The number of carbonyl (C=O) groups excluding carboxylic acids is 2. The van der Waals surface area contributed by atoms with Crippen molar-refractivity contribution in [2.45, 2.75) is 18.4 Å². The average Bonchev–Trinajstić information content (AvgIpc) is 2.47. The summed E-state index contributed by atoms with van der Waals surface area (Å²) in [6.45, 7) is 0. The lowest BCUT2D eigenvalue weighted by Gasteiger charge is -2.46. The zero-order chi connectivity index (χ0) is 14.3. The minimum Gasteiger partial charge on any atom is -0.369 e. The quantitative estimate of drug-likeness (QED) is 0.787.